The fraction of sp³-hybridized carbons (Fsp3) is 0.413. The molecule has 0 atom stereocenters. The van der Waals surface area contributed by atoms with Gasteiger partial charge in [0.2, 0.25) is 0 Å². The van der Waals surface area contributed by atoms with Gasteiger partial charge in [-0.15, -0.1) is 0 Å². The fourth-order valence-corrected chi connectivity index (χ4v) is 7.70. The third-order valence-corrected chi connectivity index (χ3v) is 10.7. The number of aromatic nitrogens is 4. The molecule has 0 saturated carbocycles. The van der Waals surface area contributed by atoms with Crippen molar-refractivity contribution < 1.29 is 9.53 Å². The Bertz CT molecular complexity index is 2170. The van der Waals surface area contributed by atoms with Gasteiger partial charge in [-0.25, -0.2) is 4.79 Å². The van der Waals surface area contributed by atoms with Gasteiger partial charge >= 0.3 is 5.97 Å². The van der Waals surface area contributed by atoms with Gasteiger partial charge in [0, 0.05) is 49.7 Å². The fourth-order valence-electron chi connectivity index (χ4n) is 7.70. The van der Waals surface area contributed by atoms with Gasteiger partial charge in [-0.3, -0.25) is 0 Å². The van der Waals surface area contributed by atoms with Crippen LogP contribution in [0.5, 0.6) is 0 Å². The summed E-state index contributed by atoms with van der Waals surface area (Å²) in [6.07, 6.45) is 17.6. The molecule has 4 aromatic heterocycles. The minimum absolute atomic E-state index is 0.333. The Morgan fingerprint density at radius 3 is 1.31 bits per heavy atom. The van der Waals surface area contributed by atoms with E-state index >= 15 is 0 Å². The van der Waals surface area contributed by atoms with Crippen molar-refractivity contribution in [3.8, 4) is 0 Å². The third-order valence-electron chi connectivity index (χ3n) is 10.7. The maximum atomic E-state index is 12.3. The number of esters is 1. The Labute approximate surface area is 309 Å². The summed E-state index contributed by atoms with van der Waals surface area (Å²) in [4.78, 5) is 27.9. The molecule has 1 aliphatic heterocycles. The summed E-state index contributed by atoms with van der Waals surface area (Å²) in [6.45, 7) is 6.82. The van der Waals surface area contributed by atoms with Crippen LogP contribution in [-0.4, -0.2) is 33.0 Å². The Balaban J connectivity index is 1.60. The van der Waals surface area contributed by atoms with Crippen molar-refractivity contribution in [3.05, 3.63) is 128 Å². The van der Waals surface area contributed by atoms with Gasteiger partial charge in [0.05, 0.1) is 12.7 Å². The molecule has 5 aromatic rings. The molecule has 4 N–H and O–H groups in total. The number of unbranched alkanes of at least 4 members (excludes halogenated alkanes) is 9. The van der Waals surface area contributed by atoms with Crippen LogP contribution in [0.2, 0.25) is 0 Å². The molecule has 0 amide bonds. The number of carbonyl (C=O) groups is 1. The summed E-state index contributed by atoms with van der Waals surface area (Å²) >= 11 is 0. The first-order valence-electron chi connectivity index (χ1n) is 20.0. The largest absolute Gasteiger partial charge is 0.465 e. The molecule has 5 heterocycles. The minimum atomic E-state index is -0.333. The molecule has 274 valence electrons. The first kappa shape index (κ1) is 37.1. The van der Waals surface area contributed by atoms with E-state index in [2.05, 4.69) is 89.2 Å². The van der Waals surface area contributed by atoms with Crippen LogP contribution in [0.25, 0.3) is 22.3 Å². The second kappa shape index (κ2) is 18.2. The molecular weight excluding hydrogens is 641 g/mol. The average Bonchev–Trinajstić information content (AvgIpc) is 4.01. The van der Waals surface area contributed by atoms with Gasteiger partial charge in [0.1, 0.15) is 0 Å². The number of ether oxygens (including phenoxy) is 1. The monoisotopic (exact) mass is 698 g/mol. The van der Waals surface area contributed by atoms with Crippen LogP contribution in [0.4, 0.5) is 0 Å². The van der Waals surface area contributed by atoms with E-state index in [0.29, 0.717) is 5.56 Å². The standard InChI is InChI=1S/C46H58N4O2/c1-5-8-11-14-17-34-37-24-26-39(47-37)35(18-15-12-9-6-2)41-28-30-43(49-41)45(32-20-22-33(23-21-32)46(51)52-4)44-31-29-42(50-44)36(19-16-13-10-7-3)40-27-25-38(34)48-40/h20-31,47-50H,5-19H2,1-4H3. The first-order chi connectivity index (χ1) is 25.5. The highest BCUT2D eigenvalue weighted by Crippen LogP contribution is 2.27. The van der Waals surface area contributed by atoms with Crippen molar-refractivity contribution >= 4 is 28.3 Å². The highest BCUT2D eigenvalue weighted by molar-refractivity contribution is 5.90. The van der Waals surface area contributed by atoms with Crippen LogP contribution in [0, 0.1) is 0 Å². The van der Waals surface area contributed by atoms with E-state index in [9.17, 15) is 4.79 Å². The Kier molecular flexibility index (Phi) is 12.9. The molecule has 0 fully saturated rings. The van der Waals surface area contributed by atoms with Crippen molar-refractivity contribution in [3.63, 3.8) is 0 Å². The SMILES string of the molecule is CCCCCCC1=c2ccc([nH]2)=C(CCCCCC)c2ccc([nH]2)C(c2ccc(C(=O)OC)cc2)=c2ccc([nH]2)=C(CCCCCC)c2ccc1[nH]2. The van der Waals surface area contributed by atoms with Crippen LogP contribution in [0.15, 0.2) is 72.8 Å². The van der Waals surface area contributed by atoms with Crippen LogP contribution in [0.3, 0.4) is 0 Å². The Hall–Kier alpha value is -4.71. The molecule has 0 unspecified atom stereocenters. The minimum Gasteiger partial charge on any atom is -0.465 e. The lowest BCUT2D eigenvalue weighted by Gasteiger charge is -2.10. The molecule has 6 heteroatoms. The summed E-state index contributed by atoms with van der Waals surface area (Å²) in [7, 11) is 1.42. The number of H-pyrrole nitrogens is 4. The summed E-state index contributed by atoms with van der Waals surface area (Å²) in [5.74, 6) is -0.333. The smallest absolute Gasteiger partial charge is 0.337 e. The van der Waals surface area contributed by atoms with Gasteiger partial charge in [0.15, 0.2) is 0 Å². The predicted octanol–water partition coefficient (Wildman–Crippen LogP) is 8.85. The maximum absolute atomic E-state index is 12.3. The average molecular weight is 699 g/mol. The van der Waals surface area contributed by atoms with E-state index in [1.54, 1.807) is 0 Å². The van der Waals surface area contributed by atoms with Crippen LogP contribution in [0.1, 0.15) is 156 Å². The van der Waals surface area contributed by atoms with Gasteiger partial charge in [-0.05, 0) is 121 Å². The zero-order valence-electron chi connectivity index (χ0n) is 31.9. The molecule has 1 aromatic carbocycles. The molecule has 52 heavy (non-hydrogen) atoms. The summed E-state index contributed by atoms with van der Waals surface area (Å²) in [5.41, 5.74) is 11.2. The van der Waals surface area contributed by atoms with Gasteiger partial charge in [-0.1, -0.05) is 90.7 Å². The molecule has 6 nitrogen and oxygen atoms in total. The summed E-state index contributed by atoms with van der Waals surface area (Å²) in [6, 6.07) is 25.8. The van der Waals surface area contributed by atoms with Crippen molar-refractivity contribution in [1.82, 2.24) is 19.9 Å². The van der Waals surface area contributed by atoms with Crippen molar-refractivity contribution in [2.45, 2.75) is 117 Å². The van der Waals surface area contributed by atoms with E-state index in [1.807, 2.05) is 24.3 Å². The van der Waals surface area contributed by atoms with E-state index in [4.69, 9.17) is 4.74 Å². The predicted molar refractivity (Wildman–Crippen MR) is 215 cm³/mol. The summed E-state index contributed by atoms with van der Waals surface area (Å²) in [5, 5.41) is 4.56. The molecule has 8 bridgehead atoms. The lowest BCUT2D eigenvalue weighted by molar-refractivity contribution is 0.0600. The van der Waals surface area contributed by atoms with Crippen LogP contribution >= 0.6 is 0 Å². The van der Waals surface area contributed by atoms with Crippen molar-refractivity contribution in [1.29, 1.82) is 0 Å². The maximum Gasteiger partial charge on any atom is 0.337 e. The lowest BCUT2D eigenvalue weighted by atomic mass is 10.0. The number of methoxy groups -OCH3 is 1. The van der Waals surface area contributed by atoms with Crippen LogP contribution < -0.4 is 21.4 Å². The quantitative estimate of drug-likeness (QED) is 0.0578. The Morgan fingerprint density at radius 2 is 0.865 bits per heavy atom. The highest BCUT2D eigenvalue weighted by atomic mass is 16.5. The molecular formula is C46H58N4O2. The molecule has 0 saturated heterocycles. The molecule has 0 aliphatic carbocycles. The molecule has 6 rings (SSSR count). The van der Waals surface area contributed by atoms with E-state index in [-0.39, 0.29) is 5.97 Å². The van der Waals surface area contributed by atoms with E-state index < -0.39 is 0 Å². The number of nitrogens with one attached hydrogen (secondary N) is 4. The van der Waals surface area contributed by atoms with Gasteiger partial charge < -0.3 is 24.7 Å². The number of hydrogen-bond acceptors (Lipinski definition) is 2. The third kappa shape index (κ3) is 8.66. The Morgan fingerprint density at radius 1 is 0.462 bits per heavy atom. The number of fused-ring (bicyclic) bond motifs is 8. The molecule has 0 radical (unpaired) electrons. The lowest BCUT2D eigenvalue weighted by Crippen LogP contribution is -2.18. The molecule has 1 aliphatic rings. The van der Waals surface area contributed by atoms with Crippen LogP contribution in [-0.2, 0) is 4.74 Å². The highest BCUT2D eigenvalue weighted by Gasteiger charge is 2.17. The number of hydrogen-bond donors (Lipinski definition) is 4. The second-order valence-corrected chi connectivity index (χ2v) is 14.5. The number of benzene rings is 1. The van der Waals surface area contributed by atoms with Crippen molar-refractivity contribution in [2.75, 3.05) is 7.11 Å². The van der Waals surface area contributed by atoms with E-state index in [0.717, 1.165) is 65.3 Å². The normalized spacial score (nSPS) is 12.9. The zero-order chi connectivity index (χ0) is 36.3. The zero-order valence-corrected chi connectivity index (χ0v) is 31.9. The number of rotatable bonds is 17. The summed E-state index contributed by atoms with van der Waals surface area (Å²) < 4.78 is 5.01. The second-order valence-electron chi connectivity index (χ2n) is 14.5. The van der Waals surface area contributed by atoms with Gasteiger partial charge in [-0.2, -0.15) is 0 Å². The first-order valence-corrected chi connectivity index (χ1v) is 20.0. The topological polar surface area (TPSA) is 89.5 Å². The number of carbonyl (C=O) groups excluding carboxylic acids is 1. The molecule has 0 spiro atoms. The number of aromatic amines is 4. The van der Waals surface area contributed by atoms with Gasteiger partial charge in [0.25, 0.3) is 0 Å². The van der Waals surface area contributed by atoms with E-state index in [1.165, 1.54) is 110 Å². The van der Waals surface area contributed by atoms with Crippen molar-refractivity contribution in [2.24, 2.45) is 0 Å².